The van der Waals surface area contributed by atoms with Crippen LogP contribution in [-0.4, -0.2) is 12.0 Å². The van der Waals surface area contributed by atoms with Crippen LogP contribution in [0, 0.1) is 4.91 Å². The van der Waals surface area contributed by atoms with Crippen molar-refractivity contribution in [2.75, 3.05) is 0 Å². The standard InChI is InChI=1S/CH2O.HNO2/c1-2;2-1-3/h1H2;(H,2,3). The first-order chi connectivity index (χ1) is 2.41. The number of carbonyl (C=O) groups is 1. The highest BCUT2D eigenvalue weighted by Crippen LogP contribution is 1.25. The number of nitrogens with zero attached hydrogens (tertiary/aromatic N) is 1. The summed E-state index contributed by atoms with van der Waals surface area (Å²) in [6.45, 7) is 2.00. The third kappa shape index (κ3) is 4.06. The maximum atomic E-state index is 8.11. The fourth-order valence-corrected chi connectivity index (χ4v) is 0. The van der Waals surface area contributed by atoms with Crippen LogP contribution in [0.4, 0.5) is 0 Å². The summed E-state index contributed by atoms with van der Waals surface area (Å²) >= 11 is 0. The third-order valence-corrected chi connectivity index (χ3v) is 0. The molecule has 0 spiro atoms. The number of hydrogen-bond donors (Lipinski definition) is 1. The Hall–Kier alpha value is -0.930. The molecule has 0 aromatic rings. The SMILES string of the molecule is C=O.O=NO. The van der Waals surface area contributed by atoms with E-state index in [9.17, 15) is 0 Å². The highest BCUT2D eigenvalue weighted by atomic mass is 16.6. The highest BCUT2D eigenvalue weighted by molar-refractivity contribution is 5.10. The molecule has 0 rings (SSSR count). The van der Waals surface area contributed by atoms with E-state index in [4.69, 9.17) is 14.9 Å². The van der Waals surface area contributed by atoms with Crippen molar-refractivity contribution in [2.45, 2.75) is 0 Å². The van der Waals surface area contributed by atoms with Gasteiger partial charge < -0.3 is 10.0 Å². The molecule has 0 aliphatic rings. The van der Waals surface area contributed by atoms with Gasteiger partial charge in [0.15, 0.2) is 5.34 Å². The normalized spacial score (nSPS) is 3.20. The predicted molar refractivity (Wildman–Crippen MR) is 14.7 cm³/mol. The minimum Gasteiger partial charge on any atom is -0.379 e. The summed E-state index contributed by atoms with van der Waals surface area (Å²) in [7, 11) is 0. The summed E-state index contributed by atoms with van der Waals surface area (Å²) in [6, 6.07) is 0. The highest BCUT2D eigenvalue weighted by Gasteiger charge is 1.18. The van der Waals surface area contributed by atoms with Gasteiger partial charge in [-0.05, 0) is 0 Å². The Morgan fingerprint density at radius 3 is 1.60 bits per heavy atom. The Bertz CT molecular complexity index is 20.9. The monoisotopic (exact) mass is 77.0 g/mol. The van der Waals surface area contributed by atoms with Gasteiger partial charge in [0, 0.05) is 0 Å². The van der Waals surface area contributed by atoms with Crippen LogP contribution in [0.2, 0.25) is 0 Å². The molecule has 5 heavy (non-hydrogen) atoms. The van der Waals surface area contributed by atoms with Crippen molar-refractivity contribution in [1.82, 2.24) is 0 Å². The van der Waals surface area contributed by atoms with Gasteiger partial charge in [-0.3, -0.25) is 0 Å². The number of carbonyl (C=O) groups excluding carboxylic acids is 1. The van der Waals surface area contributed by atoms with Crippen LogP contribution in [0.3, 0.4) is 0 Å². The van der Waals surface area contributed by atoms with Gasteiger partial charge in [0.1, 0.15) is 6.79 Å². The first-order valence-electron chi connectivity index (χ1n) is 0.671. The number of rotatable bonds is 0. The molecule has 0 fully saturated rings. The van der Waals surface area contributed by atoms with Gasteiger partial charge >= 0.3 is 0 Å². The molecule has 30 valence electrons. The molecule has 0 aromatic heterocycles. The van der Waals surface area contributed by atoms with Crippen molar-refractivity contribution >= 4 is 6.79 Å². The van der Waals surface area contributed by atoms with E-state index in [1.54, 1.807) is 0 Å². The van der Waals surface area contributed by atoms with Gasteiger partial charge in [0.05, 0.1) is 0 Å². The molecular weight excluding hydrogens is 74.0 g/mol. The van der Waals surface area contributed by atoms with E-state index in [-0.39, 0.29) is 0 Å². The molecule has 0 bridgehead atoms. The van der Waals surface area contributed by atoms with Crippen molar-refractivity contribution in [3.05, 3.63) is 4.91 Å². The lowest BCUT2D eigenvalue weighted by molar-refractivity contribution is -0.0979. The van der Waals surface area contributed by atoms with Gasteiger partial charge in [-0.15, -0.1) is 4.91 Å². The van der Waals surface area contributed by atoms with E-state index in [0.29, 0.717) is 0 Å². The average Bonchev–Trinajstić information content (AvgIpc) is 1.46. The van der Waals surface area contributed by atoms with E-state index in [1.165, 1.54) is 5.34 Å². The predicted octanol–water partition coefficient (Wildman–Crippen LogP) is -0.0429. The zero-order chi connectivity index (χ0) is 4.71. The summed E-state index contributed by atoms with van der Waals surface area (Å²) in [5, 5.41) is 7.89. The molecular formula is CH3NO3. The Balaban J connectivity index is 0. The van der Waals surface area contributed by atoms with Gasteiger partial charge in [-0.25, -0.2) is 0 Å². The van der Waals surface area contributed by atoms with Gasteiger partial charge in [0.2, 0.25) is 0 Å². The molecule has 1 N–H and O–H groups in total. The molecule has 0 atom stereocenters. The van der Waals surface area contributed by atoms with E-state index in [2.05, 4.69) is 0 Å². The quantitative estimate of drug-likeness (QED) is 0.325. The van der Waals surface area contributed by atoms with E-state index in [1.807, 2.05) is 6.79 Å². The Morgan fingerprint density at radius 1 is 1.60 bits per heavy atom. The molecule has 0 aliphatic carbocycles. The fourth-order valence-electron chi connectivity index (χ4n) is 0. The maximum absolute atomic E-state index is 8.11. The van der Waals surface area contributed by atoms with Crippen molar-refractivity contribution < 1.29 is 10.0 Å². The van der Waals surface area contributed by atoms with Crippen molar-refractivity contribution in [3.63, 3.8) is 0 Å². The van der Waals surface area contributed by atoms with Gasteiger partial charge in [-0.2, -0.15) is 0 Å². The van der Waals surface area contributed by atoms with E-state index in [0.717, 1.165) is 0 Å². The van der Waals surface area contributed by atoms with Crippen LogP contribution in [0.1, 0.15) is 0 Å². The zero-order valence-corrected chi connectivity index (χ0v) is 2.42. The Labute approximate surface area is 28.3 Å². The summed E-state index contributed by atoms with van der Waals surface area (Å²) in [5.41, 5.74) is 0. The largest absolute Gasteiger partial charge is 0.379 e. The summed E-state index contributed by atoms with van der Waals surface area (Å²) in [5.74, 6) is 0. The molecule has 0 radical (unpaired) electrons. The van der Waals surface area contributed by atoms with Crippen LogP contribution in [-0.2, 0) is 4.79 Å². The molecule has 0 aliphatic heterocycles. The second-order valence-corrected chi connectivity index (χ2v) is 0.0816. The van der Waals surface area contributed by atoms with Crippen LogP contribution < -0.4 is 0 Å². The second kappa shape index (κ2) is 2680. The van der Waals surface area contributed by atoms with Crippen molar-refractivity contribution in [1.29, 1.82) is 0 Å². The van der Waals surface area contributed by atoms with Gasteiger partial charge in [0.25, 0.3) is 0 Å². The molecule has 0 aromatic carbocycles. The second-order valence-electron chi connectivity index (χ2n) is 0.0816. The lowest BCUT2D eigenvalue weighted by Crippen LogP contribution is -1.25. The van der Waals surface area contributed by atoms with Crippen LogP contribution in [0.15, 0.2) is 5.34 Å². The molecule has 0 amide bonds. The maximum Gasteiger partial charge on any atom is 0.152 e. The third-order valence-electron chi connectivity index (χ3n) is 0. The average molecular weight is 77.0 g/mol. The zero-order valence-electron chi connectivity index (χ0n) is 2.42. The first-order valence-corrected chi connectivity index (χ1v) is 0.671. The van der Waals surface area contributed by atoms with E-state index >= 15 is 0 Å². The minimum absolute atomic E-state index is 1.25. The fraction of sp³-hybridized carbons (Fsp3) is 0. The van der Waals surface area contributed by atoms with E-state index < -0.39 is 0 Å². The minimum atomic E-state index is 1.25. The topological polar surface area (TPSA) is 66.7 Å². The lowest BCUT2D eigenvalue weighted by atomic mass is 11.9. The van der Waals surface area contributed by atoms with Crippen LogP contribution in [0.25, 0.3) is 0 Å². The molecule has 4 heteroatoms. The van der Waals surface area contributed by atoms with Crippen molar-refractivity contribution in [2.24, 2.45) is 5.34 Å². The summed E-state index contributed by atoms with van der Waals surface area (Å²) in [6.07, 6.45) is 0. The molecule has 0 heterocycles. The summed E-state index contributed by atoms with van der Waals surface area (Å²) < 4.78 is 0. The molecule has 4 nitrogen and oxygen atoms in total. The Morgan fingerprint density at radius 2 is 1.60 bits per heavy atom. The smallest absolute Gasteiger partial charge is 0.152 e. The van der Waals surface area contributed by atoms with Crippen LogP contribution in [0.5, 0.6) is 0 Å². The van der Waals surface area contributed by atoms with Crippen molar-refractivity contribution in [3.8, 4) is 0 Å². The molecule has 0 saturated carbocycles. The Kier molecular flexibility index (Phi) is 4810. The lowest BCUT2D eigenvalue weighted by Gasteiger charge is -1.32. The molecule has 0 unspecified atom stereocenters. The van der Waals surface area contributed by atoms with Crippen LogP contribution >= 0.6 is 0 Å². The summed E-state index contributed by atoms with van der Waals surface area (Å²) in [4.78, 5) is 16.1. The number of hydrogen-bond acceptors (Lipinski definition) is 3. The first kappa shape index (κ1) is 8.95. The van der Waals surface area contributed by atoms with Gasteiger partial charge in [-0.1, -0.05) is 0 Å². The molecule has 0 saturated heterocycles.